The molecule has 0 aromatic carbocycles. The molecule has 3 heterocycles. The number of alkyl halides is 3. The van der Waals surface area contributed by atoms with Crippen molar-refractivity contribution in [2.75, 3.05) is 18.4 Å². The van der Waals surface area contributed by atoms with Crippen LogP contribution in [0.1, 0.15) is 39.3 Å². The molecule has 3 atom stereocenters. The molecule has 1 amide bonds. The lowest BCUT2D eigenvalue weighted by Gasteiger charge is -2.25. The highest BCUT2D eigenvalue weighted by Crippen LogP contribution is 2.40. The van der Waals surface area contributed by atoms with Crippen LogP contribution in [0.2, 0.25) is 0 Å². The summed E-state index contributed by atoms with van der Waals surface area (Å²) >= 11 is 0. The second-order valence-electron chi connectivity index (χ2n) is 9.42. The lowest BCUT2D eigenvalue weighted by Crippen LogP contribution is -2.36. The topological polar surface area (TPSA) is 80.2 Å². The van der Waals surface area contributed by atoms with Gasteiger partial charge in [0, 0.05) is 30.9 Å². The summed E-state index contributed by atoms with van der Waals surface area (Å²) in [6, 6.07) is 6.10. The van der Waals surface area contributed by atoms with Crippen molar-refractivity contribution in [1.29, 1.82) is 0 Å². The van der Waals surface area contributed by atoms with Crippen LogP contribution < -0.4 is 5.32 Å². The number of hydrogen-bond acceptors (Lipinski definition) is 6. The van der Waals surface area contributed by atoms with Gasteiger partial charge in [-0.3, -0.25) is 4.98 Å². The molecule has 1 N–H and O–H groups in total. The number of rotatable bonds is 3. The molecule has 0 bridgehead atoms. The number of hydrogen-bond donors (Lipinski definition) is 1. The van der Waals surface area contributed by atoms with Gasteiger partial charge in [0.2, 0.25) is 0 Å². The standard InChI is InChI=1S/C22H26F3N5O2/c1-21(2,3)32-20(31)30-11-13-9-15(10-14(13)12-30)27-18-7-6-17(28-29-18)16-5-4-8-26-19(16)22(23,24)25/h4-8,13-15H,9-12H2,1-3H3,(H,27,29)/t13-,14?,15+/m1/s1. The summed E-state index contributed by atoms with van der Waals surface area (Å²) in [7, 11) is 0. The molecule has 10 heteroatoms. The van der Waals surface area contributed by atoms with Crippen LogP contribution in [-0.4, -0.2) is 50.9 Å². The molecule has 1 saturated heterocycles. The normalized spacial score (nSPS) is 23.2. The minimum atomic E-state index is -4.57. The highest BCUT2D eigenvalue weighted by molar-refractivity contribution is 5.68. The Morgan fingerprint density at radius 3 is 2.34 bits per heavy atom. The molecule has 1 aliphatic carbocycles. The fourth-order valence-corrected chi connectivity index (χ4v) is 4.49. The second-order valence-corrected chi connectivity index (χ2v) is 9.42. The molecular weight excluding hydrogens is 423 g/mol. The Morgan fingerprint density at radius 1 is 1.09 bits per heavy atom. The Morgan fingerprint density at radius 2 is 1.78 bits per heavy atom. The molecule has 7 nitrogen and oxygen atoms in total. The van der Waals surface area contributed by atoms with E-state index in [0.29, 0.717) is 30.7 Å². The molecule has 1 aliphatic heterocycles. The highest BCUT2D eigenvalue weighted by atomic mass is 19.4. The number of halogens is 3. The molecule has 2 aromatic rings. The van der Waals surface area contributed by atoms with Crippen LogP contribution in [0.15, 0.2) is 30.5 Å². The van der Waals surface area contributed by atoms with Gasteiger partial charge < -0.3 is 15.0 Å². The van der Waals surface area contributed by atoms with Crippen LogP contribution in [0.5, 0.6) is 0 Å². The van der Waals surface area contributed by atoms with Gasteiger partial charge in [0.1, 0.15) is 11.4 Å². The predicted molar refractivity (Wildman–Crippen MR) is 112 cm³/mol. The first-order chi connectivity index (χ1) is 15.0. The Kier molecular flexibility index (Phi) is 5.72. The van der Waals surface area contributed by atoms with Crippen molar-refractivity contribution in [3.05, 3.63) is 36.2 Å². The highest BCUT2D eigenvalue weighted by Gasteiger charge is 2.43. The number of carbonyl (C=O) groups excluding carboxylic acids is 1. The zero-order valence-corrected chi connectivity index (χ0v) is 18.2. The number of pyridine rings is 1. The van der Waals surface area contributed by atoms with Crippen molar-refractivity contribution in [2.24, 2.45) is 11.8 Å². The number of aromatic nitrogens is 3. The third-order valence-corrected chi connectivity index (χ3v) is 5.77. The number of anilines is 1. The lowest BCUT2D eigenvalue weighted by atomic mass is 10.0. The van der Waals surface area contributed by atoms with Gasteiger partial charge in [0.05, 0.1) is 5.69 Å². The van der Waals surface area contributed by atoms with E-state index in [9.17, 15) is 18.0 Å². The quantitative estimate of drug-likeness (QED) is 0.737. The number of carbonyl (C=O) groups is 1. The van der Waals surface area contributed by atoms with E-state index in [-0.39, 0.29) is 23.4 Å². The van der Waals surface area contributed by atoms with E-state index in [0.717, 1.165) is 19.0 Å². The molecule has 2 fully saturated rings. The molecule has 2 aliphatic rings. The molecule has 2 aromatic heterocycles. The Bertz CT molecular complexity index is 961. The number of nitrogens with zero attached hydrogens (tertiary/aromatic N) is 4. The Labute approximate surface area is 184 Å². The van der Waals surface area contributed by atoms with Gasteiger partial charge >= 0.3 is 12.3 Å². The van der Waals surface area contributed by atoms with Crippen LogP contribution >= 0.6 is 0 Å². The predicted octanol–water partition coefficient (Wildman–Crippen LogP) is 4.61. The van der Waals surface area contributed by atoms with Crippen molar-refractivity contribution in [3.8, 4) is 11.3 Å². The maximum absolute atomic E-state index is 13.2. The molecule has 4 rings (SSSR count). The summed E-state index contributed by atoms with van der Waals surface area (Å²) in [6.45, 7) is 6.90. The summed E-state index contributed by atoms with van der Waals surface area (Å²) in [4.78, 5) is 17.5. The summed E-state index contributed by atoms with van der Waals surface area (Å²) in [5.74, 6) is 1.29. The van der Waals surface area contributed by atoms with Crippen molar-refractivity contribution in [1.82, 2.24) is 20.1 Å². The maximum atomic E-state index is 13.2. The average molecular weight is 449 g/mol. The van der Waals surface area contributed by atoms with Crippen LogP contribution in [0, 0.1) is 11.8 Å². The maximum Gasteiger partial charge on any atom is 0.434 e. The first kappa shape index (κ1) is 22.3. The van der Waals surface area contributed by atoms with Crippen molar-refractivity contribution >= 4 is 11.9 Å². The van der Waals surface area contributed by atoms with Crippen molar-refractivity contribution < 1.29 is 22.7 Å². The first-order valence-electron chi connectivity index (χ1n) is 10.6. The summed E-state index contributed by atoms with van der Waals surface area (Å²) in [5, 5.41) is 11.4. The minimum absolute atomic E-state index is 0.100. The zero-order chi connectivity index (χ0) is 23.1. The van der Waals surface area contributed by atoms with Gasteiger partial charge in [0.15, 0.2) is 5.69 Å². The van der Waals surface area contributed by atoms with Crippen LogP contribution in [0.3, 0.4) is 0 Å². The van der Waals surface area contributed by atoms with Gasteiger partial charge in [-0.25, -0.2) is 4.79 Å². The number of likely N-dealkylation sites (tertiary alicyclic amines) is 1. The molecule has 1 saturated carbocycles. The smallest absolute Gasteiger partial charge is 0.434 e. The number of ether oxygens (including phenoxy) is 1. The van der Waals surface area contributed by atoms with Gasteiger partial charge in [-0.05, 0) is 69.7 Å². The van der Waals surface area contributed by atoms with E-state index in [1.165, 1.54) is 18.2 Å². The van der Waals surface area contributed by atoms with E-state index in [2.05, 4.69) is 20.5 Å². The van der Waals surface area contributed by atoms with Crippen LogP contribution in [0.4, 0.5) is 23.8 Å². The molecule has 0 radical (unpaired) electrons. The SMILES string of the molecule is CC(C)(C)OC(=O)N1CC2C[C@@H](Nc3ccc(-c4cccnc4C(F)(F)F)nn3)C[C@@H]2C1. The van der Waals surface area contributed by atoms with E-state index in [4.69, 9.17) is 4.74 Å². The van der Waals surface area contributed by atoms with Gasteiger partial charge in [0.25, 0.3) is 0 Å². The third-order valence-electron chi connectivity index (χ3n) is 5.77. The number of fused-ring (bicyclic) bond motifs is 1. The molecular formula is C22H26F3N5O2. The van der Waals surface area contributed by atoms with Crippen LogP contribution in [-0.2, 0) is 10.9 Å². The zero-order valence-electron chi connectivity index (χ0n) is 18.2. The van der Waals surface area contributed by atoms with E-state index < -0.39 is 17.5 Å². The fourth-order valence-electron chi connectivity index (χ4n) is 4.49. The van der Waals surface area contributed by atoms with E-state index >= 15 is 0 Å². The van der Waals surface area contributed by atoms with Gasteiger partial charge in [-0.2, -0.15) is 13.2 Å². The lowest BCUT2D eigenvalue weighted by molar-refractivity contribution is -0.140. The van der Waals surface area contributed by atoms with E-state index in [1.54, 1.807) is 11.0 Å². The molecule has 172 valence electrons. The van der Waals surface area contributed by atoms with Crippen molar-refractivity contribution in [3.63, 3.8) is 0 Å². The summed E-state index contributed by atoms with van der Waals surface area (Å²) in [5.41, 5.74) is -1.47. The Hall–Kier alpha value is -2.91. The third kappa shape index (κ3) is 4.94. The monoisotopic (exact) mass is 449 g/mol. The first-order valence-corrected chi connectivity index (χ1v) is 10.6. The number of amides is 1. The molecule has 1 unspecified atom stereocenters. The van der Waals surface area contributed by atoms with Gasteiger partial charge in [-0.15, -0.1) is 10.2 Å². The van der Waals surface area contributed by atoms with Crippen LogP contribution in [0.25, 0.3) is 11.3 Å². The van der Waals surface area contributed by atoms with Gasteiger partial charge in [-0.1, -0.05) is 0 Å². The molecule has 32 heavy (non-hydrogen) atoms. The largest absolute Gasteiger partial charge is 0.444 e. The minimum Gasteiger partial charge on any atom is -0.444 e. The summed E-state index contributed by atoms with van der Waals surface area (Å²) in [6.07, 6.45) is -1.96. The van der Waals surface area contributed by atoms with E-state index in [1.807, 2.05) is 20.8 Å². The second kappa shape index (κ2) is 8.22. The molecule has 0 spiro atoms. The number of nitrogens with one attached hydrogen (secondary N) is 1. The van der Waals surface area contributed by atoms with Crippen molar-refractivity contribution in [2.45, 2.75) is 51.4 Å². The average Bonchev–Trinajstić information content (AvgIpc) is 3.25. The fraction of sp³-hybridized carbons (Fsp3) is 0.545. The Balaban J connectivity index is 1.35. The summed E-state index contributed by atoms with van der Waals surface area (Å²) < 4.78 is 45.1.